The van der Waals surface area contributed by atoms with E-state index in [9.17, 15) is 23.7 Å². The molecule has 1 fully saturated rings. The molecule has 2 aliphatic rings. The third-order valence-corrected chi connectivity index (χ3v) is 5.59. The number of hydrogen-bond donors (Lipinski definition) is 0. The second kappa shape index (κ2) is 10.0. The van der Waals surface area contributed by atoms with Crippen molar-refractivity contribution in [2.45, 2.75) is 39.1 Å². The molecule has 2 heterocycles. The Morgan fingerprint density at radius 2 is 1.72 bits per heavy atom. The number of carbonyl (C=O) groups excluding carboxylic acids is 1. The maximum atomic E-state index is 12.8. The molecule has 11 heteroatoms. The third kappa shape index (κ3) is 5.04. The van der Waals surface area contributed by atoms with Crippen molar-refractivity contribution in [1.82, 2.24) is 0 Å². The summed E-state index contributed by atoms with van der Waals surface area (Å²) >= 11 is 1.71. The van der Waals surface area contributed by atoms with E-state index in [2.05, 4.69) is 4.74 Å². The Kier molecular flexibility index (Phi) is 7.39. The van der Waals surface area contributed by atoms with E-state index >= 15 is 0 Å². The number of alkyl halides is 2. The summed E-state index contributed by atoms with van der Waals surface area (Å²) in [6, 6.07) is 7.40. The molecule has 0 bridgehead atoms. The minimum atomic E-state index is -3.07. The Balaban J connectivity index is 0.00000141. The SMILES string of the molecule is CC.O=C(Oc1ccc([N+](=O)[O-])cc1)c1ccc(OC(F)F)c2c1OC1(CCSCC1)O2. The number of hydrogen-bond acceptors (Lipinski definition) is 8. The fraction of sp³-hybridized carbons (Fsp3) is 0.381. The van der Waals surface area contributed by atoms with Crippen molar-refractivity contribution in [3.05, 3.63) is 52.1 Å². The van der Waals surface area contributed by atoms with Gasteiger partial charge < -0.3 is 18.9 Å². The maximum Gasteiger partial charge on any atom is 0.387 e. The van der Waals surface area contributed by atoms with Gasteiger partial charge in [-0.3, -0.25) is 10.1 Å². The zero-order valence-electron chi connectivity index (χ0n) is 17.3. The van der Waals surface area contributed by atoms with Crippen LogP contribution in [0.4, 0.5) is 14.5 Å². The molecular formula is C21H21F2NO7S. The molecule has 172 valence electrons. The molecule has 32 heavy (non-hydrogen) atoms. The molecule has 0 radical (unpaired) electrons. The van der Waals surface area contributed by atoms with Crippen LogP contribution in [-0.4, -0.2) is 34.8 Å². The number of benzene rings is 2. The Bertz CT molecular complexity index is 979. The molecule has 0 unspecified atom stereocenters. The van der Waals surface area contributed by atoms with Gasteiger partial charge in [-0.05, 0) is 24.3 Å². The van der Waals surface area contributed by atoms with Crippen molar-refractivity contribution in [3.8, 4) is 23.0 Å². The summed E-state index contributed by atoms with van der Waals surface area (Å²) in [5, 5.41) is 10.7. The lowest BCUT2D eigenvalue weighted by Gasteiger charge is -2.31. The molecule has 0 atom stereocenters. The standard InChI is InChI=1S/C19H15F2NO7S.C2H6/c20-18(21)27-14-6-5-13(15-16(14)29-19(28-15)7-9-30-10-8-19)17(23)26-12-3-1-11(2-4-12)22(24)25;1-2/h1-6,18H,7-10H2;1-2H3. The van der Waals surface area contributed by atoms with Crippen LogP contribution < -0.4 is 18.9 Å². The van der Waals surface area contributed by atoms with Crippen LogP contribution in [0, 0.1) is 10.1 Å². The maximum absolute atomic E-state index is 12.8. The number of nitro benzene ring substituents is 1. The molecule has 1 saturated heterocycles. The van der Waals surface area contributed by atoms with Gasteiger partial charge in [0.05, 0.1) is 4.92 Å². The summed E-state index contributed by atoms with van der Waals surface area (Å²) in [6.07, 6.45) is 1.02. The molecule has 2 aromatic rings. The van der Waals surface area contributed by atoms with Gasteiger partial charge in [-0.25, -0.2) is 4.79 Å². The first-order valence-electron chi connectivity index (χ1n) is 9.91. The number of fused-ring (bicyclic) bond motifs is 1. The lowest BCUT2D eigenvalue weighted by atomic mass is 10.1. The van der Waals surface area contributed by atoms with Crippen LogP contribution in [0.3, 0.4) is 0 Å². The van der Waals surface area contributed by atoms with Crippen LogP contribution in [0.25, 0.3) is 0 Å². The smallest absolute Gasteiger partial charge is 0.387 e. The van der Waals surface area contributed by atoms with Crippen LogP contribution in [0.2, 0.25) is 0 Å². The monoisotopic (exact) mass is 469 g/mol. The van der Waals surface area contributed by atoms with Crippen LogP contribution in [0.15, 0.2) is 36.4 Å². The minimum absolute atomic E-state index is 0.0213. The fourth-order valence-corrected chi connectivity index (χ4v) is 4.28. The number of rotatable bonds is 5. The Morgan fingerprint density at radius 3 is 2.31 bits per heavy atom. The van der Waals surface area contributed by atoms with Crippen molar-refractivity contribution in [1.29, 1.82) is 0 Å². The zero-order valence-corrected chi connectivity index (χ0v) is 18.2. The quantitative estimate of drug-likeness (QED) is 0.247. The molecule has 0 aromatic heterocycles. The van der Waals surface area contributed by atoms with Gasteiger partial charge >= 0.3 is 12.6 Å². The summed E-state index contributed by atoms with van der Waals surface area (Å²) in [5.41, 5.74) is -0.182. The lowest BCUT2D eigenvalue weighted by Crippen LogP contribution is -2.42. The molecule has 2 aromatic carbocycles. The van der Waals surface area contributed by atoms with Gasteiger partial charge in [-0.15, -0.1) is 0 Å². The summed E-state index contributed by atoms with van der Waals surface area (Å²) in [7, 11) is 0. The largest absolute Gasteiger partial charge is 0.447 e. The van der Waals surface area contributed by atoms with Gasteiger partial charge in [0.15, 0.2) is 11.5 Å². The Hall–Kier alpha value is -3.08. The highest BCUT2D eigenvalue weighted by Crippen LogP contribution is 2.52. The van der Waals surface area contributed by atoms with E-state index in [0.717, 1.165) is 11.5 Å². The van der Waals surface area contributed by atoms with Crippen molar-refractivity contribution in [2.24, 2.45) is 0 Å². The van der Waals surface area contributed by atoms with E-state index in [-0.39, 0.29) is 34.2 Å². The van der Waals surface area contributed by atoms with Crippen LogP contribution >= 0.6 is 11.8 Å². The summed E-state index contributed by atoms with van der Waals surface area (Å²) in [4.78, 5) is 22.9. The number of nitrogens with zero attached hydrogens (tertiary/aromatic N) is 1. The molecule has 1 spiro atoms. The molecule has 4 rings (SSSR count). The normalized spacial score (nSPS) is 15.7. The van der Waals surface area contributed by atoms with Crippen LogP contribution in [-0.2, 0) is 0 Å². The highest BCUT2D eigenvalue weighted by molar-refractivity contribution is 7.99. The van der Waals surface area contributed by atoms with Gasteiger partial charge in [0.25, 0.3) is 11.5 Å². The second-order valence-corrected chi connectivity index (χ2v) is 7.74. The highest BCUT2D eigenvalue weighted by Gasteiger charge is 2.46. The van der Waals surface area contributed by atoms with E-state index < -0.39 is 23.3 Å². The molecular weight excluding hydrogens is 448 g/mol. The number of halogens is 2. The molecule has 0 N–H and O–H groups in total. The van der Waals surface area contributed by atoms with Gasteiger partial charge in [0, 0.05) is 36.5 Å². The minimum Gasteiger partial charge on any atom is -0.447 e. The summed E-state index contributed by atoms with van der Waals surface area (Å²) in [6.45, 7) is 0.925. The molecule has 0 aliphatic carbocycles. The van der Waals surface area contributed by atoms with Gasteiger partial charge in [0.2, 0.25) is 5.75 Å². The Morgan fingerprint density at radius 1 is 1.09 bits per heavy atom. The fourth-order valence-electron chi connectivity index (χ4n) is 3.17. The average Bonchev–Trinajstić information content (AvgIpc) is 3.14. The van der Waals surface area contributed by atoms with Crippen LogP contribution in [0.1, 0.15) is 37.0 Å². The van der Waals surface area contributed by atoms with Crippen molar-refractivity contribution in [2.75, 3.05) is 11.5 Å². The van der Waals surface area contributed by atoms with E-state index in [1.165, 1.54) is 36.4 Å². The van der Waals surface area contributed by atoms with Gasteiger partial charge in [-0.1, -0.05) is 13.8 Å². The van der Waals surface area contributed by atoms with Crippen molar-refractivity contribution < 1.29 is 37.4 Å². The first kappa shape index (κ1) is 23.6. The third-order valence-electron chi connectivity index (χ3n) is 4.60. The summed E-state index contributed by atoms with van der Waals surface area (Å²) in [5.74, 6) is -0.611. The first-order chi connectivity index (χ1) is 15.4. The second-order valence-electron chi connectivity index (χ2n) is 6.52. The highest BCUT2D eigenvalue weighted by atomic mass is 32.2. The van der Waals surface area contributed by atoms with E-state index in [1.807, 2.05) is 13.8 Å². The van der Waals surface area contributed by atoms with E-state index in [4.69, 9.17) is 14.2 Å². The zero-order chi connectivity index (χ0) is 23.3. The molecule has 0 amide bonds. The average molecular weight is 469 g/mol. The lowest BCUT2D eigenvalue weighted by molar-refractivity contribution is -0.384. The molecule has 8 nitrogen and oxygen atoms in total. The number of ether oxygens (including phenoxy) is 4. The molecule has 0 saturated carbocycles. The van der Waals surface area contributed by atoms with Gasteiger partial charge in [-0.2, -0.15) is 20.5 Å². The Labute approximate surface area is 186 Å². The van der Waals surface area contributed by atoms with Crippen LogP contribution in [0.5, 0.6) is 23.0 Å². The van der Waals surface area contributed by atoms with Crippen molar-refractivity contribution >= 4 is 23.4 Å². The first-order valence-corrected chi connectivity index (χ1v) is 11.1. The number of nitro groups is 1. The van der Waals surface area contributed by atoms with Gasteiger partial charge in [0.1, 0.15) is 11.3 Å². The predicted octanol–water partition coefficient (Wildman–Crippen LogP) is 5.44. The van der Waals surface area contributed by atoms with Crippen molar-refractivity contribution in [3.63, 3.8) is 0 Å². The van der Waals surface area contributed by atoms with E-state index in [0.29, 0.717) is 12.8 Å². The predicted molar refractivity (Wildman–Crippen MR) is 113 cm³/mol. The number of thioether (sulfide) groups is 1. The number of carbonyl (C=O) groups is 1. The number of non-ortho nitro benzene ring substituents is 1. The molecule has 2 aliphatic heterocycles. The number of esters is 1. The van der Waals surface area contributed by atoms with E-state index in [1.54, 1.807) is 11.8 Å². The summed E-state index contributed by atoms with van der Waals surface area (Å²) < 4.78 is 47.2. The topological polar surface area (TPSA) is 97.1 Å².